The zero-order chi connectivity index (χ0) is 11.0. The molecule has 0 atom stereocenters. The van der Waals surface area contributed by atoms with Gasteiger partial charge in [-0.15, -0.1) is 0 Å². The summed E-state index contributed by atoms with van der Waals surface area (Å²) in [4.78, 5) is 11.4. The van der Waals surface area contributed by atoms with Gasteiger partial charge < -0.3 is 15.2 Å². The number of benzene rings is 1. The lowest BCUT2D eigenvalue weighted by Crippen LogP contribution is -2.07. The van der Waals surface area contributed by atoms with Crippen LogP contribution in [0.3, 0.4) is 0 Å². The highest BCUT2D eigenvalue weighted by Gasteiger charge is 2.24. The van der Waals surface area contributed by atoms with Crippen molar-refractivity contribution in [2.75, 3.05) is 19.5 Å². The second-order valence-electron chi connectivity index (χ2n) is 3.22. The van der Waals surface area contributed by atoms with Gasteiger partial charge in [0.05, 0.1) is 25.0 Å². The number of nitrogen functional groups attached to an aromatic ring is 1. The second-order valence-corrected chi connectivity index (χ2v) is 4.07. The van der Waals surface area contributed by atoms with Crippen LogP contribution in [0.1, 0.15) is 15.9 Å². The number of rotatable bonds is 1. The van der Waals surface area contributed by atoms with Crippen LogP contribution in [0.25, 0.3) is 0 Å². The number of methoxy groups -OCH3 is 1. The maximum Gasteiger partial charge on any atom is 0.340 e. The molecule has 0 aliphatic carbocycles. The third kappa shape index (κ3) is 1.56. The summed E-state index contributed by atoms with van der Waals surface area (Å²) in [5.41, 5.74) is 7.54. The molecule has 0 fully saturated rings. The quantitative estimate of drug-likeness (QED) is 0.625. The zero-order valence-corrected chi connectivity index (χ0v) is 9.76. The van der Waals surface area contributed by atoms with E-state index in [4.69, 9.17) is 10.5 Å². The Kier molecular flexibility index (Phi) is 2.56. The van der Waals surface area contributed by atoms with E-state index in [9.17, 15) is 4.79 Å². The van der Waals surface area contributed by atoms with Gasteiger partial charge in [-0.2, -0.15) is 0 Å². The largest absolute Gasteiger partial charge is 0.491 e. The molecule has 0 amide bonds. The Morgan fingerprint density at radius 1 is 1.67 bits per heavy atom. The third-order valence-corrected chi connectivity index (χ3v) is 3.08. The minimum Gasteiger partial charge on any atom is -0.491 e. The Labute approximate surface area is 95.5 Å². The number of halogens is 1. The van der Waals surface area contributed by atoms with E-state index in [0.29, 0.717) is 23.6 Å². The molecular weight excluding hydrogens is 262 g/mol. The Hall–Kier alpha value is -1.23. The molecule has 1 aliphatic heterocycles. The summed E-state index contributed by atoms with van der Waals surface area (Å²) >= 11 is 3.39. The van der Waals surface area contributed by atoms with E-state index in [1.165, 1.54) is 7.11 Å². The lowest BCUT2D eigenvalue weighted by Gasteiger charge is -2.09. The van der Waals surface area contributed by atoms with Crippen molar-refractivity contribution < 1.29 is 14.3 Å². The standard InChI is InChI=1S/C10H10BrNO3/c1-14-10(13)6-4-7(11)5-2-3-15-9(5)8(6)12/h4H,2-3,12H2,1H3. The fourth-order valence-electron chi connectivity index (χ4n) is 1.62. The van der Waals surface area contributed by atoms with Gasteiger partial charge in [-0.25, -0.2) is 4.79 Å². The van der Waals surface area contributed by atoms with Crippen LogP contribution < -0.4 is 10.5 Å². The maximum absolute atomic E-state index is 11.4. The van der Waals surface area contributed by atoms with Crippen molar-refractivity contribution in [3.8, 4) is 5.75 Å². The van der Waals surface area contributed by atoms with Gasteiger partial charge in [0.1, 0.15) is 5.75 Å². The van der Waals surface area contributed by atoms with Crippen LogP contribution in [-0.4, -0.2) is 19.7 Å². The van der Waals surface area contributed by atoms with Gasteiger partial charge in [-0.1, -0.05) is 15.9 Å². The molecule has 1 heterocycles. The maximum atomic E-state index is 11.4. The van der Waals surface area contributed by atoms with Gasteiger partial charge in [0.25, 0.3) is 0 Å². The lowest BCUT2D eigenvalue weighted by atomic mass is 10.1. The van der Waals surface area contributed by atoms with E-state index in [0.717, 1.165) is 16.5 Å². The van der Waals surface area contributed by atoms with Gasteiger partial charge in [-0.3, -0.25) is 0 Å². The minimum absolute atomic E-state index is 0.338. The molecule has 1 aliphatic rings. The lowest BCUT2D eigenvalue weighted by molar-refractivity contribution is 0.0601. The van der Waals surface area contributed by atoms with Gasteiger partial charge in [0.15, 0.2) is 0 Å². The average Bonchev–Trinajstić information content (AvgIpc) is 2.71. The smallest absolute Gasteiger partial charge is 0.340 e. The molecule has 0 saturated carbocycles. The van der Waals surface area contributed by atoms with Crippen molar-refractivity contribution in [1.82, 2.24) is 0 Å². The normalized spacial score (nSPS) is 13.2. The first-order valence-corrected chi connectivity index (χ1v) is 5.26. The van der Waals surface area contributed by atoms with Crippen LogP contribution in [0, 0.1) is 0 Å². The number of ether oxygens (including phenoxy) is 2. The van der Waals surface area contributed by atoms with Crippen molar-refractivity contribution in [1.29, 1.82) is 0 Å². The first kappa shape index (κ1) is 10.3. The third-order valence-electron chi connectivity index (χ3n) is 2.37. The molecule has 2 N–H and O–H groups in total. The molecular formula is C10H10BrNO3. The van der Waals surface area contributed by atoms with E-state index in [1.807, 2.05) is 0 Å². The summed E-state index contributed by atoms with van der Waals surface area (Å²) in [5.74, 6) is 0.149. The van der Waals surface area contributed by atoms with Crippen LogP contribution in [0.4, 0.5) is 5.69 Å². The molecule has 80 valence electrons. The molecule has 0 unspecified atom stereocenters. The van der Waals surface area contributed by atoms with E-state index in [2.05, 4.69) is 20.7 Å². The van der Waals surface area contributed by atoms with Gasteiger partial charge in [0, 0.05) is 16.5 Å². The van der Waals surface area contributed by atoms with Crippen molar-refractivity contribution in [3.63, 3.8) is 0 Å². The minimum atomic E-state index is -0.452. The summed E-state index contributed by atoms with van der Waals surface area (Å²) in [5, 5.41) is 0. The number of fused-ring (bicyclic) bond motifs is 1. The highest BCUT2D eigenvalue weighted by molar-refractivity contribution is 9.10. The van der Waals surface area contributed by atoms with Crippen molar-refractivity contribution >= 4 is 27.6 Å². The molecule has 1 aromatic carbocycles. The average molecular weight is 272 g/mol. The van der Waals surface area contributed by atoms with E-state index < -0.39 is 5.97 Å². The monoisotopic (exact) mass is 271 g/mol. The zero-order valence-electron chi connectivity index (χ0n) is 8.17. The summed E-state index contributed by atoms with van der Waals surface area (Å²) in [6.07, 6.45) is 0.807. The predicted molar refractivity (Wildman–Crippen MR) is 59.1 cm³/mol. The number of hydrogen-bond acceptors (Lipinski definition) is 4. The predicted octanol–water partition coefficient (Wildman–Crippen LogP) is 1.75. The van der Waals surface area contributed by atoms with Crippen LogP contribution in [-0.2, 0) is 11.2 Å². The molecule has 1 aromatic rings. The van der Waals surface area contributed by atoms with Gasteiger partial charge in [0.2, 0.25) is 0 Å². The number of nitrogens with two attached hydrogens (primary N) is 1. The van der Waals surface area contributed by atoms with Crippen LogP contribution in [0.5, 0.6) is 5.75 Å². The first-order valence-electron chi connectivity index (χ1n) is 4.47. The van der Waals surface area contributed by atoms with E-state index in [1.54, 1.807) is 6.07 Å². The van der Waals surface area contributed by atoms with Crippen molar-refractivity contribution in [2.24, 2.45) is 0 Å². The molecule has 0 radical (unpaired) electrons. The molecule has 5 heteroatoms. The molecule has 0 bridgehead atoms. The highest BCUT2D eigenvalue weighted by atomic mass is 79.9. The number of esters is 1. The number of carbonyl (C=O) groups excluding carboxylic acids is 1. The molecule has 4 nitrogen and oxygen atoms in total. The Morgan fingerprint density at radius 2 is 2.40 bits per heavy atom. The topological polar surface area (TPSA) is 61.5 Å². The summed E-state index contributed by atoms with van der Waals surface area (Å²) in [6, 6.07) is 1.68. The van der Waals surface area contributed by atoms with Crippen molar-refractivity contribution in [2.45, 2.75) is 6.42 Å². The Bertz CT molecular complexity index is 431. The Balaban J connectivity index is 2.59. The Morgan fingerprint density at radius 3 is 3.07 bits per heavy atom. The molecule has 15 heavy (non-hydrogen) atoms. The number of hydrogen-bond donors (Lipinski definition) is 1. The number of carbonyl (C=O) groups is 1. The second kappa shape index (κ2) is 3.73. The van der Waals surface area contributed by atoms with Gasteiger partial charge in [-0.05, 0) is 6.07 Å². The summed E-state index contributed by atoms with van der Waals surface area (Å²) in [6.45, 7) is 0.600. The summed E-state index contributed by atoms with van der Waals surface area (Å²) < 4.78 is 10.9. The molecule has 0 spiro atoms. The molecule has 0 aromatic heterocycles. The molecule has 0 saturated heterocycles. The van der Waals surface area contributed by atoms with Gasteiger partial charge >= 0.3 is 5.97 Å². The molecule has 2 rings (SSSR count). The van der Waals surface area contributed by atoms with Crippen LogP contribution in [0.2, 0.25) is 0 Å². The highest BCUT2D eigenvalue weighted by Crippen LogP contribution is 2.39. The number of anilines is 1. The fourth-order valence-corrected chi connectivity index (χ4v) is 2.22. The van der Waals surface area contributed by atoms with E-state index in [-0.39, 0.29) is 0 Å². The SMILES string of the molecule is COC(=O)c1cc(Br)c2c(c1N)OCC2. The van der Waals surface area contributed by atoms with Crippen LogP contribution >= 0.6 is 15.9 Å². The van der Waals surface area contributed by atoms with Crippen molar-refractivity contribution in [3.05, 3.63) is 21.7 Å². The fraction of sp³-hybridized carbons (Fsp3) is 0.300. The first-order chi connectivity index (χ1) is 7.15. The summed E-state index contributed by atoms with van der Waals surface area (Å²) in [7, 11) is 1.32. The van der Waals surface area contributed by atoms with Crippen LogP contribution in [0.15, 0.2) is 10.5 Å². The van der Waals surface area contributed by atoms with E-state index >= 15 is 0 Å².